The maximum absolute atomic E-state index is 13.2. The van der Waals surface area contributed by atoms with Crippen molar-refractivity contribution in [1.82, 2.24) is 14.1 Å². The largest absolute Gasteiger partial charge is 0.294 e. The highest BCUT2D eigenvalue weighted by atomic mass is 32.2. The number of aromatic nitrogens is 2. The number of aryl methyl sites for hydroxylation is 2. The smallest absolute Gasteiger partial charge is 0.277 e. The molecule has 3 aromatic rings. The summed E-state index contributed by atoms with van der Waals surface area (Å²) in [5.74, 6) is -0.0957. The number of carbonyl (C=O) groups is 1. The molecule has 7 nitrogen and oxygen atoms in total. The van der Waals surface area contributed by atoms with Crippen molar-refractivity contribution in [2.75, 3.05) is 19.3 Å². The quantitative estimate of drug-likeness (QED) is 0.469. The van der Waals surface area contributed by atoms with Crippen LogP contribution in [0.2, 0.25) is 0 Å². The minimum absolute atomic E-state index is 0.148. The van der Waals surface area contributed by atoms with Crippen LogP contribution in [0.25, 0.3) is 0 Å². The van der Waals surface area contributed by atoms with Crippen LogP contribution in [0, 0.1) is 6.92 Å². The van der Waals surface area contributed by atoms with Gasteiger partial charge in [-0.15, -0.1) is 0 Å². The summed E-state index contributed by atoms with van der Waals surface area (Å²) < 4.78 is 26.4. The molecule has 1 aliphatic heterocycles. The monoisotopic (exact) mass is 493 g/mol. The van der Waals surface area contributed by atoms with Gasteiger partial charge in [0.2, 0.25) is 10.0 Å². The molecule has 8 heteroatoms. The second-order valence-electron chi connectivity index (χ2n) is 9.31. The first kappa shape index (κ1) is 25.0. The molecule has 1 fully saturated rings. The molecule has 1 saturated heterocycles. The Kier molecular flexibility index (Phi) is 7.33. The SMILES string of the molecule is Cc1ccccc1[C@H](CC(=O)c1ccnn(C)c1=O)c1ccc(C2CCN(S(C)(=O)=O)CC2)cc1. The zero-order valence-corrected chi connectivity index (χ0v) is 21.2. The van der Waals surface area contributed by atoms with Crippen molar-refractivity contribution in [3.63, 3.8) is 0 Å². The van der Waals surface area contributed by atoms with Crippen molar-refractivity contribution in [2.45, 2.75) is 38.0 Å². The highest BCUT2D eigenvalue weighted by molar-refractivity contribution is 7.88. The molecule has 2 aromatic carbocycles. The summed E-state index contributed by atoms with van der Waals surface area (Å²) >= 11 is 0. The van der Waals surface area contributed by atoms with E-state index in [9.17, 15) is 18.0 Å². The lowest BCUT2D eigenvalue weighted by atomic mass is 9.82. The van der Waals surface area contributed by atoms with Gasteiger partial charge in [-0.05, 0) is 54.0 Å². The van der Waals surface area contributed by atoms with Crippen LogP contribution in [0.15, 0.2) is 65.6 Å². The molecular formula is C27H31N3O4S. The predicted octanol–water partition coefficient (Wildman–Crippen LogP) is 3.63. The molecule has 1 aromatic heterocycles. The minimum Gasteiger partial charge on any atom is -0.294 e. The van der Waals surface area contributed by atoms with Crippen molar-refractivity contribution in [2.24, 2.45) is 7.05 Å². The first-order chi connectivity index (χ1) is 16.6. The van der Waals surface area contributed by atoms with Gasteiger partial charge in [0.05, 0.1) is 11.8 Å². The lowest BCUT2D eigenvalue weighted by Gasteiger charge is -2.30. The number of Topliss-reactive ketones (excluding diaryl/α,β-unsaturated/α-hetero) is 1. The van der Waals surface area contributed by atoms with E-state index in [4.69, 9.17) is 0 Å². The van der Waals surface area contributed by atoms with Gasteiger partial charge in [-0.1, -0.05) is 48.5 Å². The van der Waals surface area contributed by atoms with E-state index < -0.39 is 15.6 Å². The minimum atomic E-state index is -3.15. The van der Waals surface area contributed by atoms with Crippen LogP contribution in [0.3, 0.4) is 0 Å². The summed E-state index contributed by atoms with van der Waals surface area (Å²) in [7, 11) is -1.61. The molecule has 0 bridgehead atoms. The molecule has 0 spiro atoms. The van der Waals surface area contributed by atoms with E-state index in [0.717, 1.165) is 29.5 Å². The number of ketones is 1. The first-order valence-electron chi connectivity index (χ1n) is 11.8. The predicted molar refractivity (Wildman–Crippen MR) is 136 cm³/mol. The van der Waals surface area contributed by atoms with E-state index >= 15 is 0 Å². The van der Waals surface area contributed by atoms with Crippen molar-refractivity contribution in [3.8, 4) is 0 Å². The fourth-order valence-electron chi connectivity index (χ4n) is 4.92. The normalized spacial score (nSPS) is 16.2. The third-order valence-electron chi connectivity index (χ3n) is 6.99. The fourth-order valence-corrected chi connectivity index (χ4v) is 5.79. The van der Waals surface area contributed by atoms with Gasteiger partial charge in [0.1, 0.15) is 0 Å². The van der Waals surface area contributed by atoms with Crippen LogP contribution in [-0.2, 0) is 17.1 Å². The van der Waals surface area contributed by atoms with E-state index in [2.05, 4.69) is 29.4 Å². The zero-order chi connectivity index (χ0) is 25.2. The summed E-state index contributed by atoms with van der Waals surface area (Å²) in [6.07, 6.45) is 4.49. The summed E-state index contributed by atoms with van der Waals surface area (Å²) in [5, 5.41) is 3.92. The van der Waals surface area contributed by atoms with Crippen molar-refractivity contribution in [1.29, 1.82) is 0 Å². The Bertz CT molecular complexity index is 1370. The van der Waals surface area contributed by atoms with E-state index in [1.165, 1.54) is 35.8 Å². The highest BCUT2D eigenvalue weighted by Crippen LogP contribution is 2.34. The topological polar surface area (TPSA) is 89.3 Å². The van der Waals surface area contributed by atoms with Gasteiger partial charge in [-0.3, -0.25) is 9.59 Å². The standard InChI is InChI=1S/C27H31N3O4S/c1-19-6-4-5-7-23(19)25(18-26(31)24-12-15-28-29(2)27(24)32)22-10-8-20(9-11-22)21-13-16-30(17-14-21)35(3,33)34/h4-12,15,21,25H,13-14,16-18H2,1-3H3/t25-/m1/s1. The Morgan fingerprint density at radius 3 is 2.34 bits per heavy atom. The molecule has 4 rings (SSSR count). The van der Waals surface area contributed by atoms with Gasteiger partial charge >= 0.3 is 0 Å². The summed E-state index contributed by atoms with van der Waals surface area (Å²) in [6.45, 7) is 3.10. The third kappa shape index (κ3) is 5.60. The zero-order valence-electron chi connectivity index (χ0n) is 20.3. The Hall–Kier alpha value is -3.10. The molecule has 184 valence electrons. The Labute approximate surface area is 206 Å². The van der Waals surface area contributed by atoms with Crippen LogP contribution >= 0.6 is 0 Å². The number of piperidine rings is 1. The second kappa shape index (κ2) is 10.3. The van der Waals surface area contributed by atoms with Crippen molar-refractivity contribution >= 4 is 15.8 Å². The number of carbonyl (C=O) groups excluding carboxylic acids is 1. The number of rotatable bonds is 7. The van der Waals surface area contributed by atoms with Gasteiger partial charge < -0.3 is 0 Å². The second-order valence-corrected chi connectivity index (χ2v) is 11.3. The molecular weight excluding hydrogens is 462 g/mol. The molecule has 2 heterocycles. The van der Waals surface area contributed by atoms with Crippen LogP contribution in [0.5, 0.6) is 0 Å². The average Bonchev–Trinajstić information content (AvgIpc) is 2.84. The molecule has 0 unspecified atom stereocenters. The molecule has 0 aliphatic carbocycles. The van der Waals surface area contributed by atoms with E-state index in [1.54, 1.807) is 4.31 Å². The maximum Gasteiger partial charge on any atom is 0.277 e. The van der Waals surface area contributed by atoms with E-state index in [1.807, 2.05) is 31.2 Å². The molecule has 0 radical (unpaired) electrons. The van der Waals surface area contributed by atoms with Gasteiger partial charge in [-0.2, -0.15) is 5.10 Å². The lowest BCUT2D eigenvalue weighted by Crippen LogP contribution is -2.37. The van der Waals surface area contributed by atoms with E-state index in [0.29, 0.717) is 19.0 Å². The Balaban J connectivity index is 1.60. The summed E-state index contributed by atoms with van der Waals surface area (Å²) in [4.78, 5) is 25.7. The van der Waals surface area contributed by atoms with Gasteiger partial charge in [0.25, 0.3) is 5.56 Å². The molecule has 0 N–H and O–H groups in total. The molecule has 0 amide bonds. The van der Waals surface area contributed by atoms with Gasteiger partial charge in [0, 0.05) is 38.7 Å². The molecule has 1 aliphatic rings. The third-order valence-corrected chi connectivity index (χ3v) is 8.30. The van der Waals surface area contributed by atoms with Crippen molar-refractivity contribution < 1.29 is 13.2 Å². The first-order valence-corrected chi connectivity index (χ1v) is 13.7. The Morgan fingerprint density at radius 2 is 1.71 bits per heavy atom. The van der Waals surface area contributed by atoms with Gasteiger partial charge in [-0.25, -0.2) is 17.4 Å². The Morgan fingerprint density at radius 1 is 1.06 bits per heavy atom. The maximum atomic E-state index is 13.2. The van der Waals surface area contributed by atoms with Crippen LogP contribution < -0.4 is 5.56 Å². The molecule has 1 atom stereocenters. The average molecular weight is 494 g/mol. The highest BCUT2D eigenvalue weighted by Gasteiger charge is 2.27. The van der Waals surface area contributed by atoms with Crippen LogP contribution in [0.4, 0.5) is 0 Å². The number of benzene rings is 2. The summed E-state index contributed by atoms with van der Waals surface area (Å²) in [5.41, 5.74) is 4.09. The van der Waals surface area contributed by atoms with E-state index in [-0.39, 0.29) is 23.7 Å². The molecule has 0 saturated carbocycles. The fraction of sp³-hybridized carbons (Fsp3) is 0.370. The van der Waals surface area contributed by atoms with Gasteiger partial charge in [0.15, 0.2) is 5.78 Å². The lowest BCUT2D eigenvalue weighted by molar-refractivity contribution is 0.0975. The number of sulfonamides is 1. The molecule has 35 heavy (non-hydrogen) atoms. The van der Waals surface area contributed by atoms with Crippen LogP contribution in [0.1, 0.15) is 63.7 Å². The van der Waals surface area contributed by atoms with Crippen LogP contribution in [-0.4, -0.2) is 47.6 Å². The van der Waals surface area contributed by atoms with Crippen molar-refractivity contribution in [3.05, 3.63) is 99.0 Å². The summed E-state index contributed by atoms with van der Waals surface area (Å²) in [6, 6.07) is 17.8. The number of nitrogens with zero attached hydrogens (tertiary/aromatic N) is 3. The number of hydrogen-bond acceptors (Lipinski definition) is 5. The number of hydrogen-bond donors (Lipinski definition) is 0.